The van der Waals surface area contributed by atoms with Crippen molar-refractivity contribution in [1.29, 1.82) is 0 Å². The molecule has 1 fully saturated rings. The third kappa shape index (κ3) is 3.70. The maximum atomic E-state index is 12.0. The van der Waals surface area contributed by atoms with Gasteiger partial charge in [-0.25, -0.2) is 9.78 Å². The minimum atomic E-state index is -0.415. The van der Waals surface area contributed by atoms with E-state index in [9.17, 15) is 9.90 Å². The van der Waals surface area contributed by atoms with Crippen LogP contribution in [0.2, 0.25) is 0 Å². The number of aliphatic hydroxyl groups excluding tert-OH is 1. The first kappa shape index (κ1) is 15.3. The molecule has 0 bridgehead atoms. The predicted molar refractivity (Wildman–Crippen MR) is 79.8 cm³/mol. The number of aromatic nitrogens is 1. The van der Waals surface area contributed by atoms with E-state index in [1.54, 1.807) is 16.2 Å². The Kier molecular flexibility index (Phi) is 4.99. The number of piperidine rings is 1. The lowest BCUT2D eigenvalue weighted by atomic mass is 9.96. The summed E-state index contributed by atoms with van der Waals surface area (Å²) < 4.78 is 0. The van der Waals surface area contributed by atoms with E-state index in [4.69, 9.17) is 0 Å². The molecule has 20 heavy (non-hydrogen) atoms. The molecule has 0 saturated carbocycles. The van der Waals surface area contributed by atoms with Gasteiger partial charge in [0, 0.05) is 18.5 Å². The number of carbonyl (C=O) groups excluding carboxylic acids is 1. The molecule has 1 aromatic rings. The van der Waals surface area contributed by atoms with Crippen molar-refractivity contribution in [2.45, 2.75) is 45.8 Å². The molecule has 112 valence electrons. The van der Waals surface area contributed by atoms with Gasteiger partial charge in [0.2, 0.25) is 0 Å². The fraction of sp³-hybridized carbons (Fsp3) is 0.714. The SMILES string of the molecule is CC(C)c1csc(CNC(=O)N2CCC(C)C(O)C2)n1. The van der Waals surface area contributed by atoms with Gasteiger partial charge in [-0.15, -0.1) is 11.3 Å². The van der Waals surface area contributed by atoms with Crippen LogP contribution in [0.1, 0.15) is 43.8 Å². The Hall–Kier alpha value is -1.14. The Morgan fingerprint density at radius 1 is 1.65 bits per heavy atom. The zero-order chi connectivity index (χ0) is 14.7. The molecule has 1 aliphatic rings. The number of hydrogen-bond donors (Lipinski definition) is 2. The van der Waals surface area contributed by atoms with E-state index in [1.807, 2.05) is 12.3 Å². The maximum absolute atomic E-state index is 12.0. The monoisotopic (exact) mass is 297 g/mol. The predicted octanol–water partition coefficient (Wildman–Crippen LogP) is 2.18. The summed E-state index contributed by atoms with van der Waals surface area (Å²) in [5.74, 6) is 0.682. The highest BCUT2D eigenvalue weighted by Crippen LogP contribution is 2.19. The van der Waals surface area contributed by atoms with Crippen LogP contribution in [0, 0.1) is 5.92 Å². The van der Waals surface area contributed by atoms with Gasteiger partial charge in [0.25, 0.3) is 0 Å². The molecule has 0 aliphatic carbocycles. The molecule has 2 heterocycles. The fourth-order valence-electron chi connectivity index (χ4n) is 2.17. The van der Waals surface area contributed by atoms with Gasteiger partial charge in [-0.05, 0) is 18.3 Å². The van der Waals surface area contributed by atoms with Crippen molar-refractivity contribution in [2.24, 2.45) is 5.92 Å². The van der Waals surface area contributed by atoms with Crippen molar-refractivity contribution in [2.75, 3.05) is 13.1 Å². The zero-order valence-corrected chi connectivity index (χ0v) is 13.1. The first-order valence-electron chi connectivity index (χ1n) is 7.12. The fourth-order valence-corrected chi connectivity index (χ4v) is 3.06. The second kappa shape index (κ2) is 6.54. The average molecular weight is 297 g/mol. The highest BCUT2D eigenvalue weighted by Gasteiger charge is 2.27. The number of urea groups is 1. The summed E-state index contributed by atoms with van der Waals surface area (Å²) in [6.45, 7) is 7.81. The van der Waals surface area contributed by atoms with Crippen LogP contribution >= 0.6 is 11.3 Å². The van der Waals surface area contributed by atoms with Crippen LogP contribution in [0.3, 0.4) is 0 Å². The number of aliphatic hydroxyl groups is 1. The van der Waals surface area contributed by atoms with Gasteiger partial charge in [-0.3, -0.25) is 0 Å². The van der Waals surface area contributed by atoms with E-state index in [1.165, 1.54) is 0 Å². The van der Waals surface area contributed by atoms with E-state index in [-0.39, 0.29) is 11.9 Å². The number of β-amino-alcohol motifs (C(OH)–C–C–N with tert-alkyl or cyclic N) is 1. The van der Waals surface area contributed by atoms with Gasteiger partial charge in [-0.1, -0.05) is 20.8 Å². The summed E-state index contributed by atoms with van der Waals surface area (Å²) in [6, 6.07) is -0.114. The zero-order valence-electron chi connectivity index (χ0n) is 12.3. The lowest BCUT2D eigenvalue weighted by Gasteiger charge is -2.34. The first-order chi connectivity index (χ1) is 9.47. The third-order valence-electron chi connectivity index (χ3n) is 3.76. The summed E-state index contributed by atoms with van der Waals surface area (Å²) in [4.78, 5) is 18.2. The topological polar surface area (TPSA) is 65.5 Å². The number of carbonyl (C=O) groups is 1. The smallest absolute Gasteiger partial charge is 0.317 e. The van der Waals surface area contributed by atoms with Crippen LogP contribution < -0.4 is 5.32 Å². The average Bonchev–Trinajstić information content (AvgIpc) is 2.88. The standard InChI is InChI=1S/C14H23N3O2S/c1-9(2)11-8-20-13(16-11)6-15-14(19)17-5-4-10(3)12(18)7-17/h8-10,12,18H,4-7H2,1-3H3,(H,15,19). The molecule has 1 saturated heterocycles. The summed E-state index contributed by atoms with van der Waals surface area (Å²) >= 11 is 1.57. The molecule has 1 aliphatic heterocycles. The number of amides is 2. The Morgan fingerprint density at radius 3 is 3.00 bits per heavy atom. The van der Waals surface area contributed by atoms with Crippen molar-refractivity contribution < 1.29 is 9.90 Å². The van der Waals surface area contributed by atoms with Crippen molar-refractivity contribution in [3.8, 4) is 0 Å². The van der Waals surface area contributed by atoms with Gasteiger partial charge in [0.1, 0.15) is 5.01 Å². The largest absolute Gasteiger partial charge is 0.391 e. The first-order valence-corrected chi connectivity index (χ1v) is 8.00. The van der Waals surface area contributed by atoms with E-state index in [2.05, 4.69) is 24.1 Å². The Balaban J connectivity index is 1.82. The lowest BCUT2D eigenvalue weighted by Crippen LogP contribution is -2.49. The number of hydrogen-bond acceptors (Lipinski definition) is 4. The van der Waals surface area contributed by atoms with Crippen LogP contribution in [0.5, 0.6) is 0 Å². The molecule has 5 nitrogen and oxygen atoms in total. The number of nitrogens with zero attached hydrogens (tertiary/aromatic N) is 2. The van der Waals surface area contributed by atoms with Crippen molar-refractivity contribution >= 4 is 17.4 Å². The summed E-state index contributed by atoms with van der Waals surface area (Å²) in [6.07, 6.45) is 0.436. The molecule has 2 N–H and O–H groups in total. The summed E-state index contributed by atoms with van der Waals surface area (Å²) in [7, 11) is 0. The van der Waals surface area contributed by atoms with E-state index in [0.29, 0.717) is 25.6 Å². The summed E-state index contributed by atoms with van der Waals surface area (Å²) in [5.41, 5.74) is 1.07. The van der Waals surface area contributed by atoms with Crippen molar-refractivity contribution in [3.05, 3.63) is 16.1 Å². The van der Waals surface area contributed by atoms with E-state index in [0.717, 1.165) is 17.1 Å². The Morgan fingerprint density at radius 2 is 2.40 bits per heavy atom. The molecule has 2 amide bonds. The number of thiazole rings is 1. The molecule has 2 atom stereocenters. The van der Waals surface area contributed by atoms with Crippen molar-refractivity contribution in [3.63, 3.8) is 0 Å². The molecule has 6 heteroatoms. The lowest BCUT2D eigenvalue weighted by molar-refractivity contribution is 0.0435. The van der Waals surface area contributed by atoms with Gasteiger partial charge in [0.15, 0.2) is 0 Å². The molecular formula is C14H23N3O2S. The van der Waals surface area contributed by atoms with E-state index < -0.39 is 6.10 Å². The second-order valence-corrected chi connectivity index (χ2v) is 6.70. The van der Waals surface area contributed by atoms with Gasteiger partial charge >= 0.3 is 6.03 Å². The molecule has 1 aromatic heterocycles. The normalized spacial score (nSPS) is 23.1. The minimum absolute atomic E-state index is 0.114. The number of nitrogens with one attached hydrogen (secondary N) is 1. The molecule has 2 rings (SSSR count). The van der Waals surface area contributed by atoms with Crippen LogP contribution in [0.25, 0.3) is 0 Å². The van der Waals surface area contributed by atoms with Crippen LogP contribution in [-0.2, 0) is 6.54 Å². The number of likely N-dealkylation sites (tertiary alicyclic amines) is 1. The van der Waals surface area contributed by atoms with Gasteiger partial charge in [-0.2, -0.15) is 0 Å². The van der Waals surface area contributed by atoms with Crippen LogP contribution in [-0.4, -0.2) is 40.2 Å². The highest BCUT2D eigenvalue weighted by atomic mass is 32.1. The van der Waals surface area contributed by atoms with Crippen LogP contribution in [0.4, 0.5) is 4.79 Å². The molecule has 0 aromatic carbocycles. The van der Waals surface area contributed by atoms with E-state index >= 15 is 0 Å². The Labute approximate surface area is 124 Å². The van der Waals surface area contributed by atoms with Gasteiger partial charge in [0.05, 0.1) is 18.3 Å². The quantitative estimate of drug-likeness (QED) is 0.898. The van der Waals surface area contributed by atoms with Gasteiger partial charge < -0.3 is 15.3 Å². The molecule has 2 unspecified atom stereocenters. The highest BCUT2D eigenvalue weighted by molar-refractivity contribution is 7.09. The summed E-state index contributed by atoms with van der Waals surface area (Å²) in [5, 5.41) is 15.7. The minimum Gasteiger partial charge on any atom is -0.391 e. The Bertz CT molecular complexity index is 461. The maximum Gasteiger partial charge on any atom is 0.317 e. The van der Waals surface area contributed by atoms with Crippen molar-refractivity contribution in [1.82, 2.24) is 15.2 Å². The third-order valence-corrected chi connectivity index (χ3v) is 4.62. The second-order valence-electron chi connectivity index (χ2n) is 5.76. The number of rotatable bonds is 3. The molecule has 0 radical (unpaired) electrons. The molecular weight excluding hydrogens is 274 g/mol. The molecule has 0 spiro atoms. The van der Waals surface area contributed by atoms with Crippen LogP contribution in [0.15, 0.2) is 5.38 Å².